The molecular weight excluding hydrogens is 468 g/mol. The molecule has 0 bridgehead atoms. The van der Waals surface area contributed by atoms with Crippen LogP contribution in [0.25, 0.3) is 11.1 Å². The smallest absolute Gasteiger partial charge is 0.163 e. The van der Waals surface area contributed by atoms with E-state index in [1.165, 1.54) is 34.7 Å². The number of hydrogen-bond donors (Lipinski definition) is 0. The quantitative estimate of drug-likeness (QED) is 0.250. The number of rotatable bonds is 13. The Labute approximate surface area is 230 Å². The van der Waals surface area contributed by atoms with Crippen molar-refractivity contribution < 1.29 is 14.4 Å². The molecule has 0 spiro atoms. The molecule has 3 atom stereocenters. The van der Waals surface area contributed by atoms with Crippen molar-refractivity contribution in [3.63, 3.8) is 0 Å². The Kier molecular flexibility index (Phi) is 10.7. The van der Waals surface area contributed by atoms with E-state index in [0.717, 1.165) is 56.1 Å². The summed E-state index contributed by atoms with van der Waals surface area (Å²) in [5, 5.41) is 0. The van der Waals surface area contributed by atoms with Crippen LogP contribution in [0.15, 0.2) is 30.3 Å². The van der Waals surface area contributed by atoms with E-state index >= 15 is 0 Å². The molecule has 206 valence electrons. The lowest BCUT2D eigenvalue weighted by molar-refractivity contribution is -0.129. The molecule has 3 heteroatoms. The monoisotopic (exact) mass is 516 g/mol. The minimum Gasteiger partial charge on any atom is -0.300 e. The Bertz CT molecular complexity index is 1160. The maximum absolute atomic E-state index is 13.8. The van der Waals surface area contributed by atoms with Crippen LogP contribution in [-0.2, 0) is 22.4 Å². The van der Waals surface area contributed by atoms with Crippen LogP contribution in [0.4, 0.5) is 0 Å². The first kappa shape index (κ1) is 30.0. The van der Waals surface area contributed by atoms with Gasteiger partial charge in [0, 0.05) is 17.9 Å². The van der Waals surface area contributed by atoms with Crippen molar-refractivity contribution in [2.45, 2.75) is 112 Å². The fraction of sp³-hybridized carbons (Fsp3) is 0.571. The molecule has 0 aliphatic heterocycles. The van der Waals surface area contributed by atoms with E-state index in [-0.39, 0.29) is 41.5 Å². The molecule has 3 rings (SSSR count). The van der Waals surface area contributed by atoms with E-state index in [1.807, 2.05) is 0 Å². The summed E-state index contributed by atoms with van der Waals surface area (Å²) in [5.41, 5.74) is 8.28. The maximum Gasteiger partial charge on any atom is 0.163 e. The third kappa shape index (κ3) is 6.90. The minimum atomic E-state index is -0.0978. The van der Waals surface area contributed by atoms with Crippen LogP contribution in [0, 0.1) is 24.7 Å². The van der Waals surface area contributed by atoms with E-state index in [2.05, 4.69) is 71.9 Å². The summed E-state index contributed by atoms with van der Waals surface area (Å²) in [5.74, 6) is 0.954. The highest BCUT2D eigenvalue weighted by atomic mass is 16.1. The summed E-state index contributed by atoms with van der Waals surface area (Å²) in [6, 6.07) is 11.1. The Morgan fingerprint density at radius 3 is 2.37 bits per heavy atom. The van der Waals surface area contributed by atoms with Crippen molar-refractivity contribution in [3.05, 3.63) is 58.1 Å². The molecule has 0 saturated carbocycles. The number of ketones is 3. The maximum atomic E-state index is 13.8. The number of aryl methyl sites for hydroxylation is 1. The number of carbonyl (C=O) groups excluding carboxylic acids is 3. The second kappa shape index (κ2) is 13.5. The first-order valence-electron chi connectivity index (χ1n) is 14.9. The van der Waals surface area contributed by atoms with E-state index < -0.39 is 0 Å². The van der Waals surface area contributed by atoms with Gasteiger partial charge in [0.25, 0.3) is 0 Å². The largest absolute Gasteiger partial charge is 0.300 e. The summed E-state index contributed by atoms with van der Waals surface area (Å²) in [4.78, 5) is 38.4. The zero-order chi connectivity index (χ0) is 28.0. The summed E-state index contributed by atoms with van der Waals surface area (Å²) in [6.45, 7) is 14.5. The Hall–Kier alpha value is -2.55. The summed E-state index contributed by atoms with van der Waals surface area (Å²) in [7, 11) is 0. The summed E-state index contributed by atoms with van der Waals surface area (Å²) >= 11 is 0. The lowest BCUT2D eigenvalue weighted by Crippen LogP contribution is -2.30. The third-order valence-electron chi connectivity index (χ3n) is 8.51. The van der Waals surface area contributed by atoms with Gasteiger partial charge in [-0.15, -0.1) is 0 Å². The van der Waals surface area contributed by atoms with Gasteiger partial charge in [0.1, 0.15) is 11.6 Å². The number of fused-ring (bicyclic) bond motifs is 1. The van der Waals surface area contributed by atoms with Crippen LogP contribution in [-0.4, -0.2) is 17.3 Å². The highest BCUT2D eigenvalue weighted by Crippen LogP contribution is 2.42. The van der Waals surface area contributed by atoms with Gasteiger partial charge >= 0.3 is 0 Å². The SMILES string of the molecule is CCCc1cccc(-c2cc(C(C)C)c3c(c2C)C(=O)CC(CC(CCC)C(CC)C(=O)CC(C)=O)C3)c1. The molecule has 2 aromatic carbocycles. The van der Waals surface area contributed by atoms with Crippen LogP contribution >= 0.6 is 0 Å². The first-order valence-corrected chi connectivity index (χ1v) is 14.9. The van der Waals surface area contributed by atoms with Crippen LogP contribution in [0.3, 0.4) is 0 Å². The number of carbonyl (C=O) groups is 3. The number of hydrogen-bond acceptors (Lipinski definition) is 3. The predicted octanol–water partition coefficient (Wildman–Crippen LogP) is 8.86. The van der Waals surface area contributed by atoms with E-state index in [9.17, 15) is 14.4 Å². The Morgan fingerprint density at radius 2 is 1.76 bits per heavy atom. The molecule has 3 unspecified atom stereocenters. The van der Waals surface area contributed by atoms with Crippen molar-refractivity contribution in [1.82, 2.24) is 0 Å². The van der Waals surface area contributed by atoms with Gasteiger partial charge in [-0.1, -0.05) is 84.2 Å². The van der Waals surface area contributed by atoms with Crippen molar-refractivity contribution in [3.8, 4) is 11.1 Å². The fourth-order valence-corrected chi connectivity index (χ4v) is 6.83. The van der Waals surface area contributed by atoms with Crippen LogP contribution in [0.2, 0.25) is 0 Å². The highest BCUT2D eigenvalue weighted by molar-refractivity contribution is 6.02. The van der Waals surface area contributed by atoms with Crippen molar-refractivity contribution in [2.75, 3.05) is 0 Å². The van der Waals surface area contributed by atoms with Gasteiger partial charge in [-0.05, 0) is 90.7 Å². The zero-order valence-electron chi connectivity index (χ0n) is 24.8. The molecule has 3 nitrogen and oxygen atoms in total. The van der Waals surface area contributed by atoms with E-state index in [4.69, 9.17) is 0 Å². The minimum absolute atomic E-state index is 0.0318. The average molecular weight is 517 g/mol. The van der Waals surface area contributed by atoms with Gasteiger partial charge < -0.3 is 0 Å². The Balaban J connectivity index is 1.98. The van der Waals surface area contributed by atoms with Crippen molar-refractivity contribution in [2.24, 2.45) is 17.8 Å². The van der Waals surface area contributed by atoms with Crippen molar-refractivity contribution >= 4 is 17.3 Å². The summed E-state index contributed by atoms with van der Waals surface area (Å²) in [6.07, 6.45) is 7.23. The molecule has 1 aliphatic rings. The van der Waals surface area contributed by atoms with Gasteiger partial charge in [0.15, 0.2) is 5.78 Å². The Morgan fingerprint density at radius 1 is 1.03 bits per heavy atom. The molecule has 0 fully saturated rings. The standard InChI is InChI=1S/C35H48O3/c1-8-12-25-14-11-15-28(17-25)31-21-30(22(4)5)32-19-26(20-34(38)35(32)24(31)7)18-27(13-9-2)29(10-3)33(37)16-23(6)36/h11,14-15,17,21-22,26-27,29H,8-10,12-13,16,18-20H2,1-7H3. The highest BCUT2D eigenvalue weighted by Gasteiger charge is 2.34. The molecule has 1 aliphatic carbocycles. The molecule has 0 aromatic heterocycles. The van der Waals surface area contributed by atoms with Crippen LogP contribution in [0.5, 0.6) is 0 Å². The van der Waals surface area contributed by atoms with Crippen molar-refractivity contribution in [1.29, 1.82) is 0 Å². The first-order chi connectivity index (χ1) is 18.1. The van der Waals surface area contributed by atoms with Gasteiger partial charge in [-0.2, -0.15) is 0 Å². The predicted molar refractivity (Wildman–Crippen MR) is 158 cm³/mol. The number of Topliss-reactive ketones (excluding diaryl/α,β-unsaturated/α-hetero) is 3. The van der Waals surface area contributed by atoms with Gasteiger partial charge in [0.2, 0.25) is 0 Å². The van der Waals surface area contributed by atoms with E-state index in [1.54, 1.807) is 0 Å². The molecule has 0 N–H and O–H groups in total. The van der Waals surface area contributed by atoms with Gasteiger partial charge in [-0.3, -0.25) is 14.4 Å². The summed E-state index contributed by atoms with van der Waals surface area (Å²) < 4.78 is 0. The molecular formula is C35H48O3. The topological polar surface area (TPSA) is 51.2 Å². The van der Waals surface area contributed by atoms with Gasteiger partial charge in [0.05, 0.1) is 6.42 Å². The van der Waals surface area contributed by atoms with Crippen LogP contribution in [0.1, 0.15) is 125 Å². The molecule has 38 heavy (non-hydrogen) atoms. The average Bonchev–Trinajstić information content (AvgIpc) is 2.84. The van der Waals surface area contributed by atoms with Crippen LogP contribution < -0.4 is 0 Å². The fourth-order valence-electron chi connectivity index (χ4n) is 6.83. The van der Waals surface area contributed by atoms with E-state index in [0.29, 0.717) is 12.3 Å². The second-order valence-electron chi connectivity index (χ2n) is 11.9. The lowest BCUT2D eigenvalue weighted by Gasteiger charge is -2.33. The zero-order valence-corrected chi connectivity index (χ0v) is 24.8. The lowest BCUT2D eigenvalue weighted by atomic mass is 9.70. The molecule has 2 aromatic rings. The molecule has 0 saturated heterocycles. The van der Waals surface area contributed by atoms with Gasteiger partial charge in [-0.25, -0.2) is 0 Å². The normalized spacial score (nSPS) is 16.8. The second-order valence-corrected chi connectivity index (χ2v) is 11.9. The molecule has 0 heterocycles. The molecule has 0 amide bonds. The third-order valence-corrected chi connectivity index (χ3v) is 8.51. The molecule has 0 radical (unpaired) electrons. The number of benzene rings is 2.